The number of hydrogen-bond donors (Lipinski definition) is 3. The smallest absolute Gasteiger partial charge is 0.228 e. The second kappa shape index (κ2) is 7.14. The van der Waals surface area contributed by atoms with Gasteiger partial charge in [0.1, 0.15) is 23.0 Å². The van der Waals surface area contributed by atoms with Crippen LogP contribution in [0.25, 0.3) is 11.3 Å². The van der Waals surface area contributed by atoms with Crippen LogP contribution in [-0.4, -0.2) is 22.4 Å². The van der Waals surface area contributed by atoms with Crippen molar-refractivity contribution in [1.29, 1.82) is 0 Å². The normalized spacial score (nSPS) is 10.5. The van der Waals surface area contributed by atoms with E-state index in [-0.39, 0.29) is 23.8 Å². The summed E-state index contributed by atoms with van der Waals surface area (Å²) in [5.74, 6) is 0.649. The molecule has 0 saturated carbocycles. The minimum absolute atomic E-state index is 0.0199. The average molecular weight is 351 g/mol. The minimum Gasteiger partial charge on any atom is -0.508 e. The van der Waals surface area contributed by atoms with Crippen molar-refractivity contribution in [3.63, 3.8) is 0 Å². The second-order valence-electron chi connectivity index (χ2n) is 5.86. The van der Waals surface area contributed by atoms with Gasteiger partial charge in [-0.1, -0.05) is 6.07 Å². The van der Waals surface area contributed by atoms with Gasteiger partial charge >= 0.3 is 0 Å². The van der Waals surface area contributed by atoms with Crippen molar-refractivity contribution in [3.8, 4) is 22.8 Å². The Balaban J connectivity index is 1.68. The van der Waals surface area contributed by atoms with Gasteiger partial charge in [0, 0.05) is 22.9 Å². The molecule has 0 aliphatic rings. The highest BCUT2D eigenvalue weighted by Gasteiger charge is 2.11. The molecule has 1 heterocycles. The fourth-order valence-electron chi connectivity index (χ4n) is 2.55. The van der Waals surface area contributed by atoms with Gasteiger partial charge in [0.2, 0.25) is 5.91 Å². The summed E-state index contributed by atoms with van der Waals surface area (Å²) in [6, 6.07) is 12.8. The monoisotopic (exact) mass is 351 g/mol. The third kappa shape index (κ3) is 3.75. The van der Waals surface area contributed by atoms with Crippen LogP contribution in [0.1, 0.15) is 21.7 Å². The maximum atomic E-state index is 12.1. The van der Waals surface area contributed by atoms with Gasteiger partial charge in [0.25, 0.3) is 0 Å². The topological polar surface area (TPSA) is 99.8 Å². The predicted octanol–water partition coefficient (Wildman–Crippen LogP) is 3.66. The van der Waals surface area contributed by atoms with E-state index in [0.29, 0.717) is 28.3 Å². The lowest BCUT2D eigenvalue weighted by molar-refractivity contribution is -0.115. The van der Waals surface area contributed by atoms with Crippen molar-refractivity contribution in [2.24, 2.45) is 0 Å². The Bertz CT molecular complexity index is 957. The molecule has 6 nitrogen and oxygen atoms in total. The number of phenols is 2. The van der Waals surface area contributed by atoms with Crippen LogP contribution < -0.4 is 5.32 Å². The quantitative estimate of drug-likeness (QED) is 0.609. The number of aryl methyl sites for hydroxylation is 1. The van der Waals surface area contributed by atoms with Crippen LogP contribution in [0.2, 0.25) is 0 Å². The lowest BCUT2D eigenvalue weighted by Crippen LogP contribution is -2.14. The van der Waals surface area contributed by atoms with Crippen LogP contribution >= 0.6 is 0 Å². The summed E-state index contributed by atoms with van der Waals surface area (Å²) in [4.78, 5) is 23.0. The van der Waals surface area contributed by atoms with E-state index in [2.05, 4.69) is 5.32 Å². The molecular formula is C20H17NO5. The van der Waals surface area contributed by atoms with Crippen molar-refractivity contribution < 1.29 is 24.2 Å². The highest BCUT2D eigenvalue weighted by molar-refractivity contribution is 5.93. The first-order valence-corrected chi connectivity index (χ1v) is 7.93. The molecule has 3 aromatic rings. The summed E-state index contributed by atoms with van der Waals surface area (Å²) >= 11 is 0. The molecule has 0 spiro atoms. The highest BCUT2D eigenvalue weighted by atomic mass is 16.3. The summed E-state index contributed by atoms with van der Waals surface area (Å²) in [6.45, 7) is 1.72. The summed E-state index contributed by atoms with van der Waals surface area (Å²) < 4.78 is 5.55. The SMILES string of the molecule is Cc1oc(-c2ccc(NC(=O)Cc3ccc(O)cc3O)cc2)cc1C=O. The Labute approximate surface area is 149 Å². The van der Waals surface area contributed by atoms with Crippen molar-refractivity contribution in [2.75, 3.05) is 5.32 Å². The molecule has 0 saturated heterocycles. The minimum atomic E-state index is -0.296. The molecule has 0 bridgehead atoms. The molecule has 0 atom stereocenters. The van der Waals surface area contributed by atoms with E-state index >= 15 is 0 Å². The Morgan fingerprint density at radius 3 is 2.46 bits per heavy atom. The molecule has 3 N–H and O–H groups in total. The van der Waals surface area contributed by atoms with Gasteiger partial charge in [-0.3, -0.25) is 9.59 Å². The van der Waals surface area contributed by atoms with Crippen LogP contribution in [-0.2, 0) is 11.2 Å². The molecule has 3 rings (SSSR count). The summed E-state index contributed by atoms with van der Waals surface area (Å²) in [5.41, 5.74) is 2.31. The van der Waals surface area contributed by atoms with E-state index in [0.717, 1.165) is 11.8 Å². The molecule has 0 aliphatic carbocycles. The fourth-order valence-corrected chi connectivity index (χ4v) is 2.55. The van der Waals surface area contributed by atoms with E-state index in [1.165, 1.54) is 18.2 Å². The Morgan fingerprint density at radius 2 is 1.85 bits per heavy atom. The zero-order valence-electron chi connectivity index (χ0n) is 14.0. The molecule has 26 heavy (non-hydrogen) atoms. The van der Waals surface area contributed by atoms with Crippen LogP contribution in [0, 0.1) is 6.92 Å². The number of aromatic hydroxyl groups is 2. The van der Waals surface area contributed by atoms with E-state index in [4.69, 9.17) is 4.42 Å². The number of anilines is 1. The maximum absolute atomic E-state index is 12.1. The van der Waals surface area contributed by atoms with Gasteiger partial charge in [0.05, 0.1) is 12.0 Å². The van der Waals surface area contributed by atoms with E-state index in [1.807, 2.05) is 0 Å². The number of aldehydes is 1. The Morgan fingerprint density at radius 1 is 1.12 bits per heavy atom. The lowest BCUT2D eigenvalue weighted by atomic mass is 10.1. The number of benzene rings is 2. The third-order valence-corrected chi connectivity index (χ3v) is 3.96. The predicted molar refractivity (Wildman–Crippen MR) is 96.4 cm³/mol. The second-order valence-corrected chi connectivity index (χ2v) is 5.86. The molecule has 1 aromatic heterocycles. The summed E-state index contributed by atoms with van der Waals surface area (Å²) in [7, 11) is 0. The first kappa shape index (κ1) is 17.3. The van der Waals surface area contributed by atoms with Crippen LogP contribution in [0.3, 0.4) is 0 Å². The zero-order chi connectivity index (χ0) is 18.7. The molecule has 0 aliphatic heterocycles. The summed E-state index contributed by atoms with van der Waals surface area (Å²) in [6.07, 6.45) is 0.726. The average Bonchev–Trinajstić information content (AvgIpc) is 2.99. The fraction of sp³-hybridized carbons (Fsp3) is 0.100. The molecule has 132 valence electrons. The first-order valence-electron chi connectivity index (χ1n) is 7.93. The van der Waals surface area contributed by atoms with Crippen LogP contribution in [0.15, 0.2) is 52.9 Å². The zero-order valence-corrected chi connectivity index (χ0v) is 14.0. The van der Waals surface area contributed by atoms with Gasteiger partial charge in [-0.05, 0) is 43.3 Å². The third-order valence-electron chi connectivity index (χ3n) is 3.96. The van der Waals surface area contributed by atoms with Gasteiger partial charge in [-0.25, -0.2) is 0 Å². The molecule has 6 heteroatoms. The molecule has 2 aromatic carbocycles. The van der Waals surface area contributed by atoms with Crippen molar-refractivity contribution in [1.82, 2.24) is 0 Å². The first-order chi connectivity index (χ1) is 12.5. The van der Waals surface area contributed by atoms with Gasteiger partial charge < -0.3 is 19.9 Å². The van der Waals surface area contributed by atoms with Gasteiger partial charge in [-0.2, -0.15) is 0 Å². The van der Waals surface area contributed by atoms with Crippen molar-refractivity contribution in [2.45, 2.75) is 13.3 Å². The molecule has 1 amide bonds. The maximum Gasteiger partial charge on any atom is 0.228 e. The van der Waals surface area contributed by atoms with E-state index in [9.17, 15) is 19.8 Å². The van der Waals surface area contributed by atoms with Gasteiger partial charge in [0.15, 0.2) is 6.29 Å². The standard InChI is InChI=1S/C20H17NO5/c1-12-15(11-22)8-19(26-12)13-2-5-16(6-3-13)21-20(25)9-14-4-7-17(23)10-18(14)24/h2-8,10-11,23-24H,9H2,1H3,(H,21,25). The van der Waals surface area contributed by atoms with E-state index in [1.54, 1.807) is 37.3 Å². The largest absolute Gasteiger partial charge is 0.508 e. The van der Waals surface area contributed by atoms with Crippen LogP contribution in [0.5, 0.6) is 11.5 Å². The highest BCUT2D eigenvalue weighted by Crippen LogP contribution is 2.26. The summed E-state index contributed by atoms with van der Waals surface area (Å²) in [5, 5.41) is 21.8. The number of phenolic OH excluding ortho intramolecular Hbond substituents is 2. The lowest BCUT2D eigenvalue weighted by Gasteiger charge is -2.07. The number of amides is 1. The van der Waals surface area contributed by atoms with Gasteiger partial charge in [-0.15, -0.1) is 0 Å². The molecule has 0 radical (unpaired) electrons. The van der Waals surface area contributed by atoms with Crippen molar-refractivity contribution in [3.05, 3.63) is 65.4 Å². The van der Waals surface area contributed by atoms with Crippen molar-refractivity contribution >= 4 is 17.9 Å². The number of carbonyl (C=O) groups excluding carboxylic acids is 2. The number of carbonyl (C=O) groups is 2. The molecule has 0 unspecified atom stereocenters. The number of nitrogens with one attached hydrogen (secondary N) is 1. The number of furan rings is 1. The number of hydrogen-bond acceptors (Lipinski definition) is 5. The Kier molecular flexibility index (Phi) is 4.75. The van der Waals surface area contributed by atoms with Crippen LogP contribution in [0.4, 0.5) is 5.69 Å². The number of rotatable bonds is 5. The van der Waals surface area contributed by atoms with E-state index < -0.39 is 0 Å². The Hall–Kier alpha value is -3.54. The molecule has 0 fully saturated rings. The molecular weight excluding hydrogens is 334 g/mol.